The van der Waals surface area contributed by atoms with E-state index in [1.165, 1.54) is 0 Å². The molecule has 1 aliphatic carbocycles. The zero-order valence-corrected chi connectivity index (χ0v) is 16.1. The number of hydrogen-bond donors (Lipinski definition) is 0. The van der Waals surface area contributed by atoms with Crippen LogP contribution in [0.4, 0.5) is 0 Å². The van der Waals surface area contributed by atoms with E-state index in [0.717, 1.165) is 24.2 Å². The summed E-state index contributed by atoms with van der Waals surface area (Å²) >= 11 is 0. The van der Waals surface area contributed by atoms with Crippen molar-refractivity contribution < 1.29 is 14.3 Å². The van der Waals surface area contributed by atoms with E-state index in [-0.39, 0.29) is 18.1 Å². The molecule has 2 heterocycles. The molecule has 0 aliphatic heterocycles. The summed E-state index contributed by atoms with van der Waals surface area (Å²) in [6, 6.07) is 9.95. The summed E-state index contributed by atoms with van der Waals surface area (Å²) in [7, 11) is 1.66. The molecule has 4 rings (SSSR count). The second-order valence-corrected chi connectivity index (χ2v) is 7.14. The van der Waals surface area contributed by atoms with Gasteiger partial charge < -0.3 is 14.4 Å². The number of aromatic nitrogens is 3. The maximum absolute atomic E-state index is 13.2. The van der Waals surface area contributed by atoms with Gasteiger partial charge in [0.1, 0.15) is 17.4 Å². The summed E-state index contributed by atoms with van der Waals surface area (Å²) in [6.07, 6.45) is 7.09. The van der Waals surface area contributed by atoms with E-state index < -0.39 is 0 Å². The van der Waals surface area contributed by atoms with Crippen LogP contribution in [0.15, 0.2) is 48.9 Å². The number of rotatable bonds is 8. The highest BCUT2D eigenvalue weighted by Crippen LogP contribution is 2.31. The van der Waals surface area contributed by atoms with Crippen molar-refractivity contribution in [1.82, 2.24) is 19.5 Å². The summed E-state index contributed by atoms with van der Waals surface area (Å²) in [5.41, 5.74) is 2.16. The Morgan fingerprint density at radius 1 is 1.36 bits per heavy atom. The lowest BCUT2D eigenvalue weighted by Crippen LogP contribution is -2.32. The Bertz CT molecular complexity index is 967. The summed E-state index contributed by atoms with van der Waals surface area (Å²) in [5, 5.41) is 4.25. The quantitative estimate of drug-likeness (QED) is 0.601. The normalized spacial score (nSPS) is 14.8. The average Bonchev–Trinajstić information content (AvgIpc) is 3.44. The Hall–Kier alpha value is -2.93. The lowest BCUT2D eigenvalue weighted by atomic mass is 10.1. The molecule has 3 aromatic rings. The van der Waals surface area contributed by atoms with Crippen LogP contribution < -0.4 is 4.74 Å². The third-order valence-corrected chi connectivity index (χ3v) is 4.75. The Morgan fingerprint density at radius 2 is 2.21 bits per heavy atom. The van der Waals surface area contributed by atoms with Crippen LogP contribution >= 0.6 is 0 Å². The molecule has 7 heteroatoms. The van der Waals surface area contributed by atoms with Crippen LogP contribution in [0.1, 0.15) is 35.7 Å². The van der Waals surface area contributed by atoms with Gasteiger partial charge in [-0.2, -0.15) is 5.10 Å². The highest BCUT2D eigenvalue weighted by atomic mass is 16.5. The smallest absolute Gasteiger partial charge is 0.259 e. The SMILES string of the molecule is COC[C@@H](C)Oc1cccc(CN(C(=O)c2cnn3cccnc23)C2CC2)c1. The molecule has 0 saturated heterocycles. The van der Waals surface area contributed by atoms with Crippen molar-refractivity contribution in [3.05, 3.63) is 60.0 Å². The first-order valence-electron chi connectivity index (χ1n) is 9.49. The highest BCUT2D eigenvalue weighted by Gasteiger charge is 2.34. The first-order valence-corrected chi connectivity index (χ1v) is 9.49. The first kappa shape index (κ1) is 18.4. The third kappa shape index (κ3) is 3.99. The number of amides is 1. The Labute approximate surface area is 163 Å². The fourth-order valence-electron chi connectivity index (χ4n) is 3.30. The molecule has 1 saturated carbocycles. The van der Waals surface area contributed by atoms with Crippen molar-refractivity contribution in [1.29, 1.82) is 0 Å². The van der Waals surface area contributed by atoms with Gasteiger partial charge in [-0.05, 0) is 43.5 Å². The summed E-state index contributed by atoms with van der Waals surface area (Å²) in [6.45, 7) is 3.02. The van der Waals surface area contributed by atoms with Crippen LogP contribution in [0, 0.1) is 0 Å². The van der Waals surface area contributed by atoms with Crippen LogP contribution in [-0.4, -0.2) is 51.3 Å². The van der Waals surface area contributed by atoms with Crippen LogP contribution in [0.3, 0.4) is 0 Å². The average molecular weight is 380 g/mol. The van der Waals surface area contributed by atoms with Crippen molar-refractivity contribution in [3.63, 3.8) is 0 Å². The fourth-order valence-corrected chi connectivity index (χ4v) is 3.30. The molecule has 1 aliphatic rings. The molecular formula is C21H24N4O3. The first-order chi connectivity index (χ1) is 13.7. The lowest BCUT2D eigenvalue weighted by molar-refractivity contribution is 0.0730. The molecule has 28 heavy (non-hydrogen) atoms. The maximum Gasteiger partial charge on any atom is 0.259 e. The largest absolute Gasteiger partial charge is 0.488 e. The molecule has 0 N–H and O–H groups in total. The van der Waals surface area contributed by atoms with Crippen molar-refractivity contribution >= 4 is 11.6 Å². The van der Waals surface area contributed by atoms with Crippen LogP contribution in [-0.2, 0) is 11.3 Å². The minimum Gasteiger partial charge on any atom is -0.488 e. The predicted molar refractivity (Wildman–Crippen MR) is 104 cm³/mol. The molecule has 1 fully saturated rings. The van der Waals surface area contributed by atoms with Gasteiger partial charge >= 0.3 is 0 Å². The molecular weight excluding hydrogens is 356 g/mol. The lowest BCUT2D eigenvalue weighted by Gasteiger charge is -2.22. The van der Waals surface area contributed by atoms with Gasteiger partial charge in [0.15, 0.2) is 5.65 Å². The van der Waals surface area contributed by atoms with Crippen LogP contribution in [0.2, 0.25) is 0 Å². The molecule has 1 amide bonds. The number of carbonyl (C=O) groups is 1. The van der Waals surface area contributed by atoms with Gasteiger partial charge in [0.25, 0.3) is 5.91 Å². The van der Waals surface area contributed by atoms with E-state index in [0.29, 0.717) is 24.4 Å². The van der Waals surface area contributed by atoms with E-state index in [4.69, 9.17) is 9.47 Å². The van der Waals surface area contributed by atoms with E-state index in [1.54, 1.807) is 36.3 Å². The molecule has 0 bridgehead atoms. The van der Waals surface area contributed by atoms with Gasteiger partial charge in [-0.15, -0.1) is 0 Å². The minimum absolute atomic E-state index is 0.0322. The number of benzene rings is 1. The van der Waals surface area contributed by atoms with Crippen LogP contribution in [0.25, 0.3) is 5.65 Å². The molecule has 0 unspecified atom stereocenters. The van der Waals surface area contributed by atoms with Crippen LogP contribution in [0.5, 0.6) is 5.75 Å². The van der Waals surface area contributed by atoms with Gasteiger partial charge in [-0.3, -0.25) is 4.79 Å². The second kappa shape index (κ2) is 7.98. The summed E-state index contributed by atoms with van der Waals surface area (Å²) in [5.74, 6) is 0.748. The Morgan fingerprint density at radius 3 is 3.00 bits per heavy atom. The number of ether oxygens (including phenoxy) is 2. The van der Waals surface area contributed by atoms with E-state index in [1.807, 2.05) is 36.1 Å². The van der Waals surface area contributed by atoms with Gasteiger partial charge in [-0.25, -0.2) is 9.50 Å². The number of fused-ring (bicyclic) bond motifs is 1. The number of hydrogen-bond acceptors (Lipinski definition) is 5. The van der Waals surface area contributed by atoms with Crippen molar-refractivity contribution in [2.75, 3.05) is 13.7 Å². The number of methoxy groups -OCH3 is 1. The van der Waals surface area contributed by atoms with Gasteiger partial charge in [-0.1, -0.05) is 12.1 Å². The fraction of sp³-hybridized carbons (Fsp3) is 0.381. The number of nitrogens with zero attached hydrogens (tertiary/aromatic N) is 4. The maximum atomic E-state index is 13.2. The van der Waals surface area contributed by atoms with E-state index >= 15 is 0 Å². The standard InChI is InChI=1S/C21H24N4O3/c1-15(14-27-2)28-18-6-3-5-16(11-18)13-24(17-7-8-17)21(26)19-12-23-25-10-4-9-22-20(19)25/h3-6,9-12,15,17H,7-8,13-14H2,1-2H3/t15-/m1/s1. The molecule has 146 valence electrons. The van der Waals surface area contributed by atoms with Gasteiger partial charge in [0.05, 0.1) is 12.8 Å². The molecule has 1 atom stereocenters. The number of carbonyl (C=O) groups excluding carboxylic acids is 1. The van der Waals surface area contributed by atoms with Gasteiger partial charge in [0.2, 0.25) is 0 Å². The highest BCUT2D eigenvalue weighted by molar-refractivity contribution is 5.99. The van der Waals surface area contributed by atoms with Crippen molar-refractivity contribution in [2.24, 2.45) is 0 Å². The molecule has 0 spiro atoms. The monoisotopic (exact) mass is 380 g/mol. The second-order valence-electron chi connectivity index (χ2n) is 7.14. The van der Waals surface area contributed by atoms with Crippen molar-refractivity contribution in [3.8, 4) is 5.75 Å². The summed E-state index contributed by atoms with van der Waals surface area (Å²) < 4.78 is 12.6. The van der Waals surface area contributed by atoms with Crippen molar-refractivity contribution in [2.45, 2.75) is 38.5 Å². The predicted octanol–water partition coefficient (Wildman–Crippen LogP) is 2.95. The van der Waals surface area contributed by atoms with E-state index in [9.17, 15) is 4.79 Å². The summed E-state index contributed by atoms with van der Waals surface area (Å²) in [4.78, 5) is 19.5. The third-order valence-electron chi connectivity index (χ3n) is 4.75. The zero-order valence-electron chi connectivity index (χ0n) is 16.1. The molecule has 2 aromatic heterocycles. The minimum atomic E-state index is -0.0359. The topological polar surface area (TPSA) is 69.0 Å². The van der Waals surface area contributed by atoms with E-state index in [2.05, 4.69) is 10.1 Å². The molecule has 1 aromatic carbocycles. The zero-order chi connectivity index (χ0) is 19.5. The van der Waals surface area contributed by atoms with Gasteiger partial charge in [0, 0.05) is 32.1 Å². The Balaban J connectivity index is 1.54. The Kier molecular flexibility index (Phi) is 5.25. The molecule has 0 radical (unpaired) electrons. The molecule has 7 nitrogen and oxygen atoms in total.